The fourth-order valence-corrected chi connectivity index (χ4v) is 19.6. The maximum Gasteiger partial charge on any atom is 0.416 e. The van der Waals surface area contributed by atoms with Gasteiger partial charge in [-0.2, -0.15) is 58.7 Å². The fourth-order valence-electron chi connectivity index (χ4n) is 19.6. The van der Waals surface area contributed by atoms with E-state index in [1.54, 1.807) is 24.3 Å². The molecule has 12 atom stereocenters. The van der Waals surface area contributed by atoms with Gasteiger partial charge in [-0.3, -0.25) is 29.1 Å². The lowest BCUT2D eigenvalue weighted by molar-refractivity contribution is -0.193. The highest BCUT2D eigenvalue weighted by Crippen LogP contribution is 2.53. The number of piperidine rings is 3. The van der Waals surface area contributed by atoms with E-state index in [-0.39, 0.29) is 159 Å². The van der Waals surface area contributed by atoms with Crippen LogP contribution in [0.15, 0.2) is 109 Å². The summed E-state index contributed by atoms with van der Waals surface area (Å²) in [5.41, 5.74) is 1.54. The second kappa shape index (κ2) is 42.1. The van der Waals surface area contributed by atoms with E-state index in [1.165, 1.54) is 39.6 Å². The second-order valence-electron chi connectivity index (χ2n) is 34.6. The highest BCUT2D eigenvalue weighted by atomic mass is 19.4. The summed E-state index contributed by atoms with van der Waals surface area (Å²) in [6.07, 6.45) is -2.16. The van der Waals surface area contributed by atoms with Gasteiger partial charge in [0.1, 0.15) is 34.8 Å². The molecule has 0 aromatic heterocycles. The van der Waals surface area contributed by atoms with Crippen molar-refractivity contribution in [3.05, 3.63) is 194 Å². The summed E-state index contributed by atoms with van der Waals surface area (Å²) in [6, 6.07) is 23.7. The third-order valence-electron chi connectivity index (χ3n) is 26.7. The number of phenolic OH excluding ortho intramolecular Hbond substituents is 1. The number of fused-ring (bicyclic) bond motifs is 2. The minimum atomic E-state index is -4.73. The highest BCUT2D eigenvalue weighted by Gasteiger charge is 2.59. The summed E-state index contributed by atoms with van der Waals surface area (Å²) in [6.45, 7) is 9.74. The number of carbonyl (C=O) groups is 4. The number of aliphatic carboxylic acids is 1. The van der Waals surface area contributed by atoms with E-state index in [0.29, 0.717) is 113 Å². The minimum absolute atomic E-state index is 0. The number of benzene rings is 6. The number of amides is 2. The average Bonchev–Trinajstić information content (AvgIpc) is 1.62. The van der Waals surface area contributed by atoms with E-state index in [9.17, 15) is 90.1 Å². The van der Waals surface area contributed by atoms with Crippen molar-refractivity contribution in [3.63, 3.8) is 0 Å². The first-order chi connectivity index (χ1) is 60.8. The van der Waals surface area contributed by atoms with Gasteiger partial charge in [0.15, 0.2) is 53.8 Å². The molecule has 4 N–H and O–H groups in total. The van der Waals surface area contributed by atoms with Crippen LogP contribution in [0.4, 0.5) is 65.9 Å². The minimum Gasteiger partial charge on any atom is -0.505 e. The molecule has 129 heavy (non-hydrogen) atoms. The van der Waals surface area contributed by atoms with Crippen molar-refractivity contribution in [2.45, 2.75) is 215 Å². The predicted molar refractivity (Wildman–Crippen MR) is 429 cm³/mol. The molecule has 3 saturated carbocycles. The molecule has 17 rings (SSSR count). The molecule has 11 aliphatic rings. The van der Waals surface area contributed by atoms with Crippen LogP contribution in [0.5, 0.6) is 17.2 Å². The Kier molecular flexibility index (Phi) is 32.5. The first-order valence-electron chi connectivity index (χ1n) is 42.5. The fraction of sp³-hybridized carbons (Fsp3) is 0.543. The summed E-state index contributed by atoms with van der Waals surface area (Å²) < 4.78 is 233. The van der Waals surface area contributed by atoms with E-state index in [4.69, 9.17) is 58.4 Å². The van der Waals surface area contributed by atoms with Crippen LogP contribution in [0.3, 0.4) is 0 Å². The van der Waals surface area contributed by atoms with Crippen LogP contribution in [-0.4, -0.2) is 185 Å². The van der Waals surface area contributed by atoms with Crippen LogP contribution < -0.4 is 15.2 Å². The molecule has 2 amide bonds. The van der Waals surface area contributed by atoms with Crippen molar-refractivity contribution in [2.75, 3.05) is 72.6 Å². The van der Waals surface area contributed by atoms with Gasteiger partial charge in [-0.15, -0.1) is 0 Å². The smallest absolute Gasteiger partial charge is 0.416 e. The largest absolute Gasteiger partial charge is 0.505 e. The zero-order valence-electron chi connectivity index (χ0n) is 70.0. The third-order valence-corrected chi connectivity index (χ3v) is 26.7. The van der Waals surface area contributed by atoms with Gasteiger partial charge >= 0.3 is 36.8 Å². The Balaban J connectivity index is 0.000000172. The van der Waals surface area contributed by atoms with Crippen molar-refractivity contribution in [1.29, 1.82) is 0 Å². The highest BCUT2D eigenvalue weighted by molar-refractivity contribution is 5.87. The number of hydrogen-bond donors (Lipinski definition) is 3. The van der Waals surface area contributed by atoms with Crippen molar-refractivity contribution in [1.82, 2.24) is 24.5 Å². The van der Waals surface area contributed by atoms with Gasteiger partial charge in [-0.25, -0.2) is 31.1 Å². The number of halogens is 15. The molecule has 6 aromatic carbocycles. The van der Waals surface area contributed by atoms with Crippen molar-refractivity contribution < 1.29 is 143 Å². The Morgan fingerprint density at radius 2 is 0.806 bits per heavy atom. The standard InChI is InChI=1S/C30H31F5N2O5.C30H33F5N2O3.C21H28FNO3.C8H7F4NO.2CO2.CH4/c31-22-5-1-18(2-6-22)24-8-10-36(14-26(24)41-17-38)23-7-9-29(42-15-23,20-3-4-20)28(39)37-13-19-11-21(30(33,34)35)12-25(32)27(19)40-16-37;1-18-14-36(11-9-25(18)19-2-6-23(31)7-3-19)24-8-10-29(40-16-24,21-4-5-21)28(38)37-15-20-12-22(30(33,34)35)13-26(32)27(20)39-17-37;1-14-12-23(11-9-19(14)15-2-6-17(22)7-3-15)18-8-10-21(20(24)25,26-13-18)16-4-5-16;9-6-2-5(8(10,11)12)1-4(3-13)7(6)14;2*2-1-3;/h1-2,5-6,11-12,17,20,23-24,26H,3-4,7-10,13-16H2;2-3,6-7,12-13,18,21,24-25H,4-5,8-11,14-17H2,1H3;2-3,6-7,14,16,18-19H,4-5,8-13H2,1H3,(H,24,25);1-2,14H,3,13H2;;;1H4/t23-,24+,26-,29+;18-,24-,25-,29+;14-,18-,19-,21+;;;;/m111..../s1. The zero-order chi connectivity index (χ0) is 92.5. The van der Waals surface area contributed by atoms with Crippen LogP contribution in [-0.2, 0) is 95.5 Å². The molecular formula is C92H103F15N6O16. The summed E-state index contributed by atoms with van der Waals surface area (Å²) in [5.74, 6) is -5.16. The predicted octanol–water partition coefficient (Wildman–Crippen LogP) is 16.3. The van der Waals surface area contributed by atoms with E-state index in [0.717, 1.165) is 114 Å². The van der Waals surface area contributed by atoms with Gasteiger partial charge in [0.25, 0.3) is 18.3 Å². The molecule has 6 saturated heterocycles. The molecule has 3 aliphatic carbocycles. The topological polar surface area (TPSA) is 275 Å². The first kappa shape index (κ1) is 99.6. The van der Waals surface area contributed by atoms with E-state index in [1.807, 2.05) is 24.3 Å². The van der Waals surface area contributed by atoms with Crippen LogP contribution in [0.1, 0.15) is 185 Å². The molecule has 0 spiro atoms. The molecule has 0 unspecified atom stereocenters. The Morgan fingerprint density at radius 1 is 0.481 bits per heavy atom. The van der Waals surface area contributed by atoms with Crippen molar-refractivity contribution in [2.24, 2.45) is 35.3 Å². The number of aromatic hydroxyl groups is 1. The van der Waals surface area contributed by atoms with E-state index < -0.39 is 87.3 Å². The van der Waals surface area contributed by atoms with Gasteiger partial charge in [0.2, 0.25) is 0 Å². The summed E-state index contributed by atoms with van der Waals surface area (Å²) in [5, 5.41) is 18.6. The molecule has 22 nitrogen and oxygen atoms in total. The first-order valence-corrected chi connectivity index (χ1v) is 42.5. The van der Waals surface area contributed by atoms with Gasteiger partial charge in [0.05, 0.1) is 49.6 Å². The lowest BCUT2D eigenvalue weighted by atomic mass is 9.80. The van der Waals surface area contributed by atoms with Gasteiger partial charge in [0, 0.05) is 66.9 Å². The number of nitrogens with zero attached hydrogens (tertiary/aromatic N) is 5. The Labute approximate surface area is 734 Å². The maximum absolute atomic E-state index is 14.4. The number of ether oxygens (including phenoxy) is 6. The van der Waals surface area contributed by atoms with Crippen LogP contribution in [0.25, 0.3) is 0 Å². The lowest BCUT2D eigenvalue weighted by Gasteiger charge is -2.47. The number of nitrogens with two attached hydrogens (primary N) is 1. The molecule has 8 heterocycles. The Hall–Kier alpha value is -9.97. The molecule has 9 fully saturated rings. The lowest BCUT2D eigenvalue weighted by Crippen LogP contribution is -2.59. The van der Waals surface area contributed by atoms with E-state index >= 15 is 0 Å². The number of rotatable bonds is 15. The number of likely N-dealkylation sites (tertiary alicyclic amines) is 3. The Bertz CT molecular complexity index is 4900. The molecule has 8 aliphatic heterocycles. The zero-order valence-corrected chi connectivity index (χ0v) is 70.0. The Morgan fingerprint density at radius 3 is 1.12 bits per heavy atom. The van der Waals surface area contributed by atoms with Gasteiger partial charge < -0.3 is 54.2 Å². The maximum atomic E-state index is 14.4. The van der Waals surface area contributed by atoms with Crippen molar-refractivity contribution >= 4 is 36.6 Å². The average molecular weight is 1830 g/mol. The molecule has 0 radical (unpaired) electrons. The van der Waals surface area contributed by atoms with Crippen molar-refractivity contribution in [3.8, 4) is 17.2 Å². The number of alkyl halides is 9. The number of hydrogen-bond acceptors (Lipinski definition) is 19. The van der Waals surface area contributed by atoms with Gasteiger partial charge in [-0.05, 0) is 247 Å². The van der Waals surface area contributed by atoms with Gasteiger partial charge in [-0.1, -0.05) is 57.7 Å². The van der Waals surface area contributed by atoms with Crippen LogP contribution in [0.2, 0.25) is 0 Å². The summed E-state index contributed by atoms with van der Waals surface area (Å²) >= 11 is 0. The van der Waals surface area contributed by atoms with Crippen LogP contribution >= 0.6 is 0 Å². The molecule has 0 bridgehead atoms. The van der Waals surface area contributed by atoms with E-state index in [2.05, 4.69) is 28.5 Å². The molecular weight excluding hydrogens is 1730 g/mol. The number of carbonyl (C=O) groups excluding carboxylic acids is 7. The second-order valence-corrected chi connectivity index (χ2v) is 34.6. The number of phenols is 1. The quantitative estimate of drug-likeness (QED) is 0.0636. The molecule has 6 aromatic rings. The number of carboxylic acid groups (broad SMARTS) is 1. The summed E-state index contributed by atoms with van der Waals surface area (Å²) in [7, 11) is 0. The normalized spacial score (nSPS) is 27.1. The molecule has 37 heteroatoms. The monoisotopic (exact) mass is 1830 g/mol. The third kappa shape index (κ3) is 23.3. The summed E-state index contributed by atoms with van der Waals surface area (Å²) in [4.78, 5) is 93.0. The molecule has 702 valence electrons. The van der Waals surface area contributed by atoms with Crippen LogP contribution in [0, 0.1) is 64.5 Å². The number of carboxylic acids is 1. The SMILES string of the molecule is C.C[C@@H]1CN([C@@H]2CC[C@@](C(=O)N3COc4c(F)cc(C(F)(F)F)cc4C3)(C3CC3)OC2)CC[C@H]1c1ccc(F)cc1.C[C@@H]1CN([C@@H]2CC[C@@](C(=O)O)(C3CC3)OC2)CC[C@H]1c1ccc(F)cc1.NCc1cc(C(F)(F)F)cc(F)c1O.O=C=O.O=C=O.O=CO[C@@H]1CN([C@@H]2CC[C@@](C(=O)N3COc4c(F)cc(C(F)(F)F)cc4C3)(C3CC3)OC2)CC[C@H]1c1ccc(F)cc1.